The van der Waals surface area contributed by atoms with Crippen molar-refractivity contribution in [3.8, 4) is 0 Å². The van der Waals surface area contributed by atoms with E-state index in [0.717, 1.165) is 38.0 Å². The maximum absolute atomic E-state index is 13.2. The van der Waals surface area contributed by atoms with Crippen LogP contribution in [0.4, 0.5) is 8.78 Å². The smallest absolute Gasteiger partial charge is 0.280 e. The molecule has 0 radical (unpaired) electrons. The van der Waals surface area contributed by atoms with E-state index in [1.807, 2.05) is 25.1 Å². The Morgan fingerprint density at radius 3 is 2.78 bits per heavy atom. The third kappa shape index (κ3) is 2.86. The Bertz CT molecular complexity index is 1650. The SMILES string of the molecule is Cc1cc(C(F)F)nc2sc3c(ncn4nc(CCn5c(C)nc6ccccc65)nc34)c12. The van der Waals surface area contributed by atoms with E-state index in [9.17, 15) is 8.78 Å². The molecule has 0 fully saturated rings. The van der Waals surface area contributed by atoms with Gasteiger partial charge in [0.05, 0.1) is 16.6 Å². The summed E-state index contributed by atoms with van der Waals surface area (Å²) in [5, 5.41) is 5.38. The summed E-state index contributed by atoms with van der Waals surface area (Å²) < 4.78 is 31.0. The zero-order valence-corrected chi connectivity index (χ0v) is 18.1. The van der Waals surface area contributed by atoms with Crippen molar-refractivity contribution < 1.29 is 8.78 Å². The predicted octanol–water partition coefficient (Wildman–Crippen LogP) is 5.03. The summed E-state index contributed by atoms with van der Waals surface area (Å²) in [5.74, 6) is 1.63. The molecular formula is C22H17F2N7S. The van der Waals surface area contributed by atoms with Crippen LogP contribution in [-0.2, 0) is 13.0 Å². The highest BCUT2D eigenvalue weighted by atomic mass is 32.1. The molecule has 0 atom stereocenters. The van der Waals surface area contributed by atoms with Crippen molar-refractivity contribution in [3.05, 3.63) is 59.6 Å². The number of fused-ring (bicyclic) bond motifs is 6. The summed E-state index contributed by atoms with van der Waals surface area (Å²) in [6.07, 6.45) is -0.362. The number of hydrogen-bond donors (Lipinski definition) is 0. The van der Waals surface area contributed by atoms with Crippen LogP contribution in [0.1, 0.15) is 29.3 Å². The molecule has 0 aliphatic carbocycles. The van der Waals surface area contributed by atoms with Crippen molar-refractivity contribution in [2.24, 2.45) is 0 Å². The summed E-state index contributed by atoms with van der Waals surface area (Å²) in [7, 11) is 0. The molecule has 5 aromatic heterocycles. The molecule has 6 rings (SSSR count). The van der Waals surface area contributed by atoms with Gasteiger partial charge in [0.2, 0.25) is 0 Å². The number of aromatic nitrogens is 7. The number of hydrogen-bond acceptors (Lipinski definition) is 6. The first kappa shape index (κ1) is 19.2. The van der Waals surface area contributed by atoms with E-state index in [4.69, 9.17) is 4.98 Å². The van der Waals surface area contributed by atoms with Gasteiger partial charge in [-0.25, -0.2) is 33.2 Å². The molecule has 0 N–H and O–H groups in total. The molecule has 0 aliphatic rings. The minimum atomic E-state index is -2.61. The average Bonchev–Trinajstić information content (AvgIpc) is 3.43. The van der Waals surface area contributed by atoms with Gasteiger partial charge in [0.15, 0.2) is 11.5 Å². The largest absolute Gasteiger partial charge is 0.328 e. The van der Waals surface area contributed by atoms with Crippen molar-refractivity contribution in [1.29, 1.82) is 0 Å². The molecule has 0 bridgehead atoms. The van der Waals surface area contributed by atoms with Crippen LogP contribution in [-0.4, -0.2) is 34.1 Å². The fourth-order valence-corrected chi connectivity index (χ4v) is 5.37. The quantitative estimate of drug-likeness (QED) is 0.377. The lowest BCUT2D eigenvalue weighted by molar-refractivity contribution is 0.146. The van der Waals surface area contributed by atoms with E-state index < -0.39 is 6.43 Å². The molecule has 0 aliphatic heterocycles. The van der Waals surface area contributed by atoms with E-state index >= 15 is 0 Å². The van der Waals surface area contributed by atoms with E-state index in [2.05, 4.69) is 30.7 Å². The highest BCUT2D eigenvalue weighted by Crippen LogP contribution is 2.36. The van der Waals surface area contributed by atoms with Crippen LogP contribution in [0.5, 0.6) is 0 Å². The number of thiophene rings is 1. The zero-order valence-electron chi connectivity index (χ0n) is 17.3. The zero-order chi connectivity index (χ0) is 22.0. The minimum Gasteiger partial charge on any atom is -0.328 e. The maximum atomic E-state index is 13.2. The third-order valence-corrected chi connectivity index (χ3v) is 6.73. The fraction of sp³-hybridized carbons (Fsp3) is 0.227. The molecule has 6 aromatic rings. The topological polar surface area (TPSA) is 73.8 Å². The summed E-state index contributed by atoms with van der Waals surface area (Å²) in [6.45, 7) is 4.50. The van der Waals surface area contributed by atoms with Crippen molar-refractivity contribution in [2.75, 3.05) is 0 Å². The number of pyridine rings is 1. The molecule has 0 amide bonds. The number of imidazole rings is 1. The summed E-state index contributed by atoms with van der Waals surface area (Å²) in [4.78, 5) is 18.6. The van der Waals surface area contributed by atoms with E-state index in [1.54, 1.807) is 17.8 Å². The molecule has 160 valence electrons. The number of halogens is 2. The number of alkyl halides is 2. The standard InChI is InChI=1S/C22H17F2N7S/c1-11-9-14(20(23)24)27-22-17(11)18-19(32-22)21-28-16(29-31(21)10-25-18)7-8-30-12(2)26-13-5-3-4-6-15(13)30/h3-6,9-10,20H,7-8H2,1-2H3. The number of benzene rings is 1. The number of aryl methyl sites for hydroxylation is 4. The first-order valence-corrected chi connectivity index (χ1v) is 11.0. The molecule has 0 spiro atoms. The third-order valence-electron chi connectivity index (χ3n) is 5.66. The molecule has 0 saturated heterocycles. The second-order valence-electron chi connectivity index (χ2n) is 7.71. The van der Waals surface area contributed by atoms with Gasteiger partial charge in [0.1, 0.15) is 27.4 Å². The Morgan fingerprint density at radius 1 is 1.09 bits per heavy atom. The average molecular weight is 449 g/mol. The predicted molar refractivity (Wildman–Crippen MR) is 119 cm³/mol. The van der Waals surface area contributed by atoms with Crippen LogP contribution >= 0.6 is 11.3 Å². The van der Waals surface area contributed by atoms with Crippen molar-refractivity contribution in [1.82, 2.24) is 34.1 Å². The maximum Gasteiger partial charge on any atom is 0.280 e. The van der Waals surface area contributed by atoms with Crippen LogP contribution in [0.2, 0.25) is 0 Å². The molecule has 32 heavy (non-hydrogen) atoms. The van der Waals surface area contributed by atoms with Gasteiger partial charge in [-0.3, -0.25) is 0 Å². The van der Waals surface area contributed by atoms with Gasteiger partial charge in [-0.1, -0.05) is 12.1 Å². The molecule has 0 unspecified atom stereocenters. The summed E-state index contributed by atoms with van der Waals surface area (Å²) in [5.41, 5.74) is 3.95. The second-order valence-corrected chi connectivity index (χ2v) is 8.71. The lowest BCUT2D eigenvalue weighted by Crippen LogP contribution is -2.04. The minimum absolute atomic E-state index is 0.220. The van der Waals surface area contributed by atoms with E-state index in [1.165, 1.54) is 17.4 Å². The first-order chi connectivity index (χ1) is 15.5. The molecule has 1 aromatic carbocycles. The van der Waals surface area contributed by atoms with Crippen molar-refractivity contribution in [3.63, 3.8) is 0 Å². The van der Waals surface area contributed by atoms with E-state index in [0.29, 0.717) is 29.3 Å². The Labute approximate surface area is 184 Å². The van der Waals surface area contributed by atoms with Crippen LogP contribution in [0.15, 0.2) is 36.7 Å². The molecule has 7 nitrogen and oxygen atoms in total. The van der Waals surface area contributed by atoms with Gasteiger partial charge < -0.3 is 4.57 Å². The highest BCUT2D eigenvalue weighted by Gasteiger charge is 2.19. The summed E-state index contributed by atoms with van der Waals surface area (Å²) in [6, 6.07) is 9.47. The van der Waals surface area contributed by atoms with Crippen LogP contribution in [0, 0.1) is 13.8 Å². The first-order valence-electron chi connectivity index (χ1n) is 10.1. The molecular weight excluding hydrogens is 432 g/mol. The molecule has 10 heteroatoms. The van der Waals surface area contributed by atoms with Gasteiger partial charge in [-0.15, -0.1) is 16.4 Å². The van der Waals surface area contributed by atoms with Gasteiger partial charge in [0, 0.05) is 18.4 Å². The monoisotopic (exact) mass is 449 g/mol. The Kier molecular flexibility index (Phi) is 4.19. The number of para-hydroxylation sites is 2. The fourth-order valence-electron chi connectivity index (χ4n) is 4.19. The van der Waals surface area contributed by atoms with Crippen LogP contribution in [0.3, 0.4) is 0 Å². The van der Waals surface area contributed by atoms with Crippen molar-refractivity contribution in [2.45, 2.75) is 33.2 Å². The summed E-state index contributed by atoms with van der Waals surface area (Å²) >= 11 is 1.32. The lowest BCUT2D eigenvalue weighted by atomic mass is 10.1. The normalized spacial score (nSPS) is 12.3. The van der Waals surface area contributed by atoms with E-state index in [-0.39, 0.29) is 5.69 Å². The Morgan fingerprint density at radius 2 is 1.94 bits per heavy atom. The van der Waals surface area contributed by atoms with Gasteiger partial charge in [0.25, 0.3) is 6.43 Å². The highest BCUT2D eigenvalue weighted by molar-refractivity contribution is 7.26. The number of nitrogens with zero attached hydrogens (tertiary/aromatic N) is 7. The van der Waals surface area contributed by atoms with Crippen LogP contribution in [0.25, 0.3) is 37.1 Å². The molecule has 5 heterocycles. The Balaban J connectivity index is 1.42. The molecule has 0 saturated carbocycles. The van der Waals surface area contributed by atoms with Crippen LogP contribution < -0.4 is 0 Å². The second kappa shape index (κ2) is 6.99. The van der Waals surface area contributed by atoms with Crippen molar-refractivity contribution >= 4 is 48.5 Å². The van der Waals surface area contributed by atoms with Gasteiger partial charge in [-0.2, -0.15) is 0 Å². The Hall–Kier alpha value is -3.53. The van der Waals surface area contributed by atoms with Gasteiger partial charge in [-0.05, 0) is 37.6 Å². The lowest BCUT2D eigenvalue weighted by Gasteiger charge is -2.04. The number of rotatable bonds is 4. The van der Waals surface area contributed by atoms with Gasteiger partial charge >= 0.3 is 0 Å².